The Labute approximate surface area is 187 Å². The molecular weight excluding hydrogens is 420 g/mol. The van der Waals surface area contributed by atoms with Crippen LogP contribution in [-0.4, -0.2) is 41.5 Å². The average molecular weight is 438 g/mol. The first kappa shape index (κ1) is 20.1. The lowest BCUT2D eigenvalue weighted by molar-refractivity contribution is 0.104. The molecular formula is C24H18N6O3. The molecule has 0 aliphatic carbocycles. The Kier molecular flexibility index (Phi) is 5.34. The summed E-state index contributed by atoms with van der Waals surface area (Å²) in [6, 6.07) is 19.7. The number of para-hydroxylation sites is 2. The van der Waals surface area contributed by atoms with Crippen LogP contribution in [-0.2, 0) is 6.61 Å². The van der Waals surface area contributed by atoms with Crippen molar-refractivity contribution >= 4 is 22.9 Å². The minimum atomic E-state index is -0.344. The zero-order valence-corrected chi connectivity index (χ0v) is 17.3. The molecule has 0 unspecified atom stereocenters. The molecule has 3 N–H and O–H groups in total. The number of aromatic hydroxyl groups is 1. The first-order valence-electron chi connectivity index (χ1n) is 10.1. The monoisotopic (exact) mass is 438 g/mol. The Hall–Kier alpha value is -4.79. The molecule has 0 aliphatic heterocycles. The van der Waals surface area contributed by atoms with Gasteiger partial charge in [-0.15, -0.1) is 10.2 Å². The highest BCUT2D eigenvalue weighted by atomic mass is 16.5. The SMILES string of the molecule is O=C(/C=C/c1ccc(OCc2nc3ccccc3[nH]2)cc1)c1cc(-c2nn[nH]n2)ccc1O. The summed E-state index contributed by atoms with van der Waals surface area (Å²) in [6.07, 6.45) is 3.07. The van der Waals surface area contributed by atoms with Gasteiger partial charge in [0.05, 0.1) is 16.6 Å². The van der Waals surface area contributed by atoms with Gasteiger partial charge in [-0.2, -0.15) is 5.21 Å². The van der Waals surface area contributed by atoms with E-state index in [1.807, 2.05) is 48.5 Å². The molecule has 2 heterocycles. The number of H-pyrrole nitrogens is 2. The van der Waals surface area contributed by atoms with Crippen molar-refractivity contribution in [2.75, 3.05) is 0 Å². The number of hydrogen-bond acceptors (Lipinski definition) is 7. The van der Waals surface area contributed by atoms with Crippen molar-refractivity contribution < 1.29 is 14.6 Å². The van der Waals surface area contributed by atoms with Crippen LogP contribution in [0.1, 0.15) is 21.7 Å². The largest absolute Gasteiger partial charge is 0.507 e. The summed E-state index contributed by atoms with van der Waals surface area (Å²) < 4.78 is 5.80. The molecule has 0 spiro atoms. The summed E-state index contributed by atoms with van der Waals surface area (Å²) in [6.45, 7) is 0.318. The predicted molar refractivity (Wildman–Crippen MR) is 122 cm³/mol. The van der Waals surface area contributed by atoms with E-state index in [2.05, 4.69) is 30.6 Å². The summed E-state index contributed by atoms with van der Waals surface area (Å²) in [5.41, 5.74) is 3.40. The van der Waals surface area contributed by atoms with Gasteiger partial charge in [0.25, 0.3) is 0 Å². The number of rotatable bonds is 7. The van der Waals surface area contributed by atoms with Crippen molar-refractivity contribution in [3.63, 3.8) is 0 Å². The zero-order chi connectivity index (χ0) is 22.6. The van der Waals surface area contributed by atoms with Crippen molar-refractivity contribution in [2.45, 2.75) is 6.61 Å². The number of aromatic amines is 2. The Morgan fingerprint density at radius 3 is 2.70 bits per heavy atom. The number of carbonyl (C=O) groups excluding carboxylic acids is 1. The third-order valence-corrected chi connectivity index (χ3v) is 4.99. The maximum atomic E-state index is 12.6. The number of ketones is 1. The number of phenolic OH excluding ortho intramolecular Hbond substituents is 1. The van der Waals surface area contributed by atoms with Gasteiger partial charge in [0.2, 0.25) is 5.82 Å². The zero-order valence-electron chi connectivity index (χ0n) is 17.3. The molecule has 5 aromatic rings. The van der Waals surface area contributed by atoms with Gasteiger partial charge in [0, 0.05) is 5.56 Å². The van der Waals surface area contributed by atoms with Crippen LogP contribution in [0.5, 0.6) is 11.5 Å². The Balaban J connectivity index is 1.24. The van der Waals surface area contributed by atoms with Crippen LogP contribution in [0, 0.1) is 0 Å². The van der Waals surface area contributed by atoms with E-state index in [-0.39, 0.29) is 17.1 Å². The predicted octanol–water partition coefficient (Wildman–Crippen LogP) is 3.92. The van der Waals surface area contributed by atoms with Gasteiger partial charge >= 0.3 is 0 Å². The van der Waals surface area contributed by atoms with Gasteiger partial charge < -0.3 is 14.8 Å². The Morgan fingerprint density at radius 1 is 1.06 bits per heavy atom. The highest BCUT2D eigenvalue weighted by Gasteiger charge is 2.12. The number of nitrogens with one attached hydrogen (secondary N) is 2. The molecule has 9 heteroatoms. The van der Waals surface area contributed by atoms with Gasteiger partial charge in [0.15, 0.2) is 5.78 Å². The molecule has 0 saturated heterocycles. The third-order valence-electron chi connectivity index (χ3n) is 4.99. The number of fused-ring (bicyclic) bond motifs is 1. The van der Waals surface area contributed by atoms with E-state index in [4.69, 9.17) is 4.74 Å². The van der Waals surface area contributed by atoms with Crippen LogP contribution in [0.3, 0.4) is 0 Å². The quantitative estimate of drug-likeness (QED) is 0.259. The van der Waals surface area contributed by atoms with Crippen molar-refractivity contribution in [3.8, 4) is 22.9 Å². The van der Waals surface area contributed by atoms with Crippen LogP contribution in [0.25, 0.3) is 28.5 Å². The second-order valence-corrected chi connectivity index (χ2v) is 7.22. The van der Waals surface area contributed by atoms with Gasteiger partial charge in [-0.1, -0.05) is 30.3 Å². The maximum Gasteiger partial charge on any atom is 0.204 e. The summed E-state index contributed by atoms with van der Waals surface area (Å²) in [5.74, 6) is 1.30. The maximum absolute atomic E-state index is 12.6. The number of tetrazole rings is 1. The molecule has 0 atom stereocenters. The molecule has 33 heavy (non-hydrogen) atoms. The number of phenols is 1. The minimum absolute atomic E-state index is 0.119. The normalized spacial score (nSPS) is 11.3. The Morgan fingerprint density at radius 2 is 1.91 bits per heavy atom. The molecule has 0 radical (unpaired) electrons. The van der Waals surface area contributed by atoms with Crippen molar-refractivity contribution in [1.29, 1.82) is 0 Å². The molecule has 0 aliphatic rings. The summed E-state index contributed by atoms with van der Waals surface area (Å²) in [4.78, 5) is 20.3. The van der Waals surface area contributed by atoms with E-state index in [9.17, 15) is 9.90 Å². The minimum Gasteiger partial charge on any atom is -0.507 e. The topological polar surface area (TPSA) is 130 Å². The summed E-state index contributed by atoms with van der Waals surface area (Å²) in [7, 11) is 0. The second-order valence-electron chi connectivity index (χ2n) is 7.22. The number of aromatic nitrogens is 6. The fourth-order valence-corrected chi connectivity index (χ4v) is 3.32. The highest BCUT2D eigenvalue weighted by Crippen LogP contribution is 2.24. The van der Waals surface area contributed by atoms with Gasteiger partial charge in [-0.25, -0.2) is 4.98 Å². The fourth-order valence-electron chi connectivity index (χ4n) is 3.32. The van der Waals surface area contributed by atoms with Crippen LogP contribution >= 0.6 is 0 Å². The molecule has 2 aromatic heterocycles. The lowest BCUT2D eigenvalue weighted by Crippen LogP contribution is -1.97. The third kappa shape index (κ3) is 4.47. The molecule has 9 nitrogen and oxygen atoms in total. The molecule has 0 fully saturated rings. The van der Waals surface area contributed by atoms with Gasteiger partial charge in [-0.05, 0) is 59.3 Å². The molecule has 162 valence electrons. The number of benzene rings is 3. The molecule has 0 bridgehead atoms. The van der Waals surface area contributed by atoms with Crippen molar-refractivity contribution in [2.24, 2.45) is 0 Å². The molecule has 0 amide bonds. The van der Waals surface area contributed by atoms with E-state index in [1.54, 1.807) is 12.1 Å². The van der Waals surface area contributed by atoms with E-state index in [0.717, 1.165) is 22.4 Å². The fraction of sp³-hybridized carbons (Fsp3) is 0.0417. The summed E-state index contributed by atoms with van der Waals surface area (Å²) in [5, 5.41) is 23.7. The van der Waals surface area contributed by atoms with Crippen LogP contribution in [0.2, 0.25) is 0 Å². The van der Waals surface area contributed by atoms with E-state index >= 15 is 0 Å². The van der Waals surface area contributed by atoms with E-state index in [1.165, 1.54) is 18.2 Å². The number of nitrogens with zero attached hydrogens (tertiary/aromatic N) is 4. The van der Waals surface area contributed by atoms with Crippen molar-refractivity contribution in [3.05, 3.63) is 89.8 Å². The van der Waals surface area contributed by atoms with Gasteiger partial charge in [0.1, 0.15) is 23.9 Å². The van der Waals surface area contributed by atoms with E-state index in [0.29, 0.717) is 23.7 Å². The average Bonchev–Trinajstić information content (AvgIpc) is 3.52. The number of ether oxygens (including phenoxy) is 1. The number of imidazole rings is 1. The van der Waals surface area contributed by atoms with E-state index < -0.39 is 0 Å². The van der Waals surface area contributed by atoms with Crippen molar-refractivity contribution in [1.82, 2.24) is 30.6 Å². The Bertz CT molecular complexity index is 1410. The lowest BCUT2D eigenvalue weighted by Gasteiger charge is -2.05. The molecule has 3 aromatic carbocycles. The second kappa shape index (κ2) is 8.75. The molecule has 0 saturated carbocycles. The first-order chi connectivity index (χ1) is 16.2. The standard InChI is InChI=1S/C24H18N6O3/c31-21(18-13-16(8-12-22(18)32)24-27-29-30-28-24)11-7-15-5-9-17(10-6-15)33-14-23-25-19-3-1-2-4-20(19)26-23/h1-13,32H,14H2,(H,25,26)(H,27,28,29,30)/b11-7+. The summed E-state index contributed by atoms with van der Waals surface area (Å²) >= 11 is 0. The highest BCUT2D eigenvalue weighted by molar-refractivity contribution is 6.09. The van der Waals surface area contributed by atoms with Gasteiger partial charge in [-0.3, -0.25) is 4.79 Å². The smallest absolute Gasteiger partial charge is 0.204 e. The van der Waals surface area contributed by atoms with Crippen LogP contribution in [0.4, 0.5) is 0 Å². The first-order valence-corrected chi connectivity index (χ1v) is 10.1. The lowest BCUT2D eigenvalue weighted by atomic mass is 10.0. The number of hydrogen-bond donors (Lipinski definition) is 3. The number of allylic oxidation sites excluding steroid dienone is 1. The van der Waals surface area contributed by atoms with Crippen LogP contribution < -0.4 is 4.74 Å². The molecule has 5 rings (SSSR count). The van der Waals surface area contributed by atoms with Crippen LogP contribution in [0.15, 0.2) is 72.8 Å². The number of carbonyl (C=O) groups is 1.